The van der Waals surface area contributed by atoms with Gasteiger partial charge in [0.15, 0.2) is 0 Å². The van der Waals surface area contributed by atoms with Crippen LogP contribution >= 0.6 is 11.3 Å². The quantitative estimate of drug-likeness (QED) is 0.866. The van der Waals surface area contributed by atoms with Crippen molar-refractivity contribution in [3.8, 4) is 0 Å². The lowest BCUT2D eigenvalue weighted by Crippen LogP contribution is -2.31. The highest BCUT2D eigenvalue weighted by molar-refractivity contribution is 7.10. The van der Waals surface area contributed by atoms with Crippen LogP contribution in [0.3, 0.4) is 0 Å². The second-order valence-electron chi connectivity index (χ2n) is 5.39. The Morgan fingerprint density at radius 3 is 2.88 bits per heavy atom. The van der Waals surface area contributed by atoms with Crippen LogP contribution < -0.4 is 5.32 Å². The zero-order chi connectivity index (χ0) is 12.3. The fourth-order valence-corrected chi connectivity index (χ4v) is 3.24. The number of hydrogen-bond acceptors (Lipinski definition) is 3. The van der Waals surface area contributed by atoms with E-state index in [4.69, 9.17) is 0 Å². The summed E-state index contributed by atoms with van der Waals surface area (Å²) in [5, 5.41) is 5.83. The maximum atomic E-state index is 3.67. The predicted octanol–water partition coefficient (Wildman–Crippen LogP) is 3.13. The van der Waals surface area contributed by atoms with Crippen LogP contribution in [0.5, 0.6) is 0 Å². The molecule has 2 heterocycles. The molecule has 0 bridgehead atoms. The molecule has 1 saturated heterocycles. The molecule has 3 heteroatoms. The van der Waals surface area contributed by atoms with E-state index in [1.807, 2.05) is 11.3 Å². The van der Waals surface area contributed by atoms with Crippen LogP contribution in [0, 0.1) is 5.92 Å². The molecule has 96 valence electrons. The summed E-state index contributed by atoms with van der Waals surface area (Å²) >= 11 is 1.85. The Morgan fingerprint density at radius 2 is 2.29 bits per heavy atom. The maximum absolute atomic E-state index is 3.67. The van der Waals surface area contributed by atoms with Gasteiger partial charge in [-0.05, 0) is 57.6 Å². The summed E-state index contributed by atoms with van der Waals surface area (Å²) in [4.78, 5) is 4.03. The number of thiophene rings is 1. The first kappa shape index (κ1) is 13.1. The van der Waals surface area contributed by atoms with Crippen LogP contribution in [0.1, 0.15) is 38.1 Å². The SMILES string of the molecule is CC(NCC1CCN(C(C)C)C1)c1cccs1. The molecule has 17 heavy (non-hydrogen) atoms. The van der Waals surface area contributed by atoms with E-state index in [2.05, 4.69) is 48.5 Å². The summed E-state index contributed by atoms with van der Waals surface area (Å²) in [6, 6.07) is 5.56. The number of nitrogens with zero attached hydrogens (tertiary/aromatic N) is 1. The number of rotatable bonds is 5. The molecule has 2 unspecified atom stereocenters. The molecule has 0 aliphatic carbocycles. The second kappa shape index (κ2) is 5.98. The van der Waals surface area contributed by atoms with Crippen molar-refractivity contribution in [1.82, 2.24) is 10.2 Å². The van der Waals surface area contributed by atoms with Crippen LogP contribution in [0.15, 0.2) is 17.5 Å². The van der Waals surface area contributed by atoms with Crippen molar-refractivity contribution in [2.24, 2.45) is 5.92 Å². The summed E-state index contributed by atoms with van der Waals surface area (Å²) in [6.45, 7) is 10.6. The van der Waals surface area contributed by atoms with Crippen LogP contribution in [-0.2, 0) is 0 Å². The Labute approximate surface area is 109 Å². The average Bonchev–Trinajstić information content (AvgIpc) is 2.97. The summed E-state index contributed by atoms with van der Waals surface area (Å²) in [7, 11) is 0. The van der Waals surface area contributed by atoms with Crippen LogP contribution in [0.25, 0.3) is 0 Å². The van der Waals surface area contributed by atoms with Crippen LogP contribution in [-0.4, -0.2) is 30.6 Å². The second-order valence-corrected chi connectivity index (χ2v) is 6.37. The average molecular weight is 252 g/mol. The van der Waals surface area contributed by atoms with E-state index in [1.165, 1.54) is 24.4 Å². The first-order chi connectivity index (χ1) is 8.16. The lowest BCUT2D eigenvalue weighted by molar-refractivity contribution is 0.263. The first-order valence-electron chi connectivity index (χ1n) is 6.67. The highest BCUT2D eigenvalue weighted by Gasteiger charge is 2.24. The smallest absolute Gasteiger partial charge is 0.0386 e. The molecule has 1 aliphatic heterocycles. The minimum absolute atomic E-state index is 0.503. The molecule has 2 atom stereocenters. The van der Waals surface area contributed by atoms with Gasteiger partial charge in [-0.2, -0.15) is 0 Å². The molecule has 2 nitrogen and oxygen atoms in total. The molecule has 1 aromatic heterocycles. The molecule has 1 aromatic rings. The molecule has 0 aromatic carbocycles. The fraction of sp³-hybridized carbons (Fsp3) is 0.714. The predicted molar refractivity (Wildman–Crippen MR) is 75.6 cm³/mol. The molecular weight excluding hydrogens is 228 g/mol. The van der Waals surface area contributed by atoms with E-state index in [1.54, 1.807) is 0 Å². The van der Waals surface area contributed by atoms with Gasteiger partial charge >= 0.3 is 0 Å². The summed E-state index contributed by atoms with van der Waals surface area (Å²) in [5.41, 5.74) is 0. The summed E-state index contributed by atoms with van der Waals surface area (Å²) in [5.74, 6) is 0.833. The largest absolute Gasteiger partial charge is 0.309 e. The lowest BCUT2D eigenvalue weighted by Gasteiger charge is -2.21. The Morgan fingerprint density at radius 1 is 1.47 bits per heavy atom. The van der Waals surface area contributed by atoms with Gasteiger partial charge in [-0.25, -0.2) is 0 Å². The third kappa shape index (κ3) is 3.54. The Bertz CT molecular complexity index is 321. The van der Waals surface area contributed by atoms with Gasteiger partial charge in [0.2, 0.25) is 0 Å². The standard InChI is InChI=1S/C14H24N2S/c1-11(2)16-7-6-13(10-16)9-15-12(3)14-5-4-8-17-14/h4-5,8,11-13,15H,6-7,9-10H2,1-3H3. The van der Waals surface area contributed by atoms with Crippen molar-refractivity contribution in [2.75, 3.05) is 19.6 Å². The summed E-state index contributed by atoms with van der Waals surface area (Å²) in [6.07, 6.45) is 1.35. The van der Waals surface area contributed by atoms with Gasteiger partial charge in [0.25, 0.3) is 0 Å². The minimum Gasteiger partial charge on any atom is -0.309 e. The molecule has 1 aliphatic rings. The number of likely N-dealkylation sites (tertiary alicyclic amines) is 1. The summed E-state index contributed by atoms with van der Waals surface area (Å²) < 4.78 is 0. The van der Waals surface area contributed by atoms with Gasteiger partial charge in [0, 0.05) is 23.5 Å². The topological polar surface area (TPSA) is 15.3 Å². The van der Waals surface area contributed by atoms with Gasteiger partial charge in [-0.15, -0.1) is 11.3 Å². The van der Waals surface area contributed by atoms with Crippen LogP contribution in [0.2, 0.25) is 0 Å². The van der Waals surface area contributed by atoms with Crippen molar-refractivity contribution in [2.45, 2.75) is 39.3 Å². The molecule has 0 amide bonds. The normalized spacial score (nSPS) is 23.4. The van der Waals surface area contributed by atoms with Crippen molar-refractivity contribution in [1.29, 1.82) is 0 Å². The van der Waals surface area contributed by atoms with Gasteiger partial charge < -0.3 is 10.2 Å². The molecule has 1 N–H and O–H groups in total. The maximum Gasteiger partial charge on any atom is 0.0386 e. The third-order valence-electron chi connectivity index (χ3n) is 3.73. The zero-order valence-corrected chi connectivity index (χ0v) is 12.0. The molecule has 0 radical (unpaired) electrons. The van der Waals surface area contributed by atoms with Crippen molar-refractivity contribution in [3.05, 3.63) is 22.4 Å². The van der Waals surface area contributed by atoms with Crippen LogP contribution in [0.4, 0.5) is 0 Å². The highest BCUT2D eigenvalue weighted by Crippen LogP contribution is 2.21. The number of hydrogen-bond donors (Lipinski definition) is 1. The van der Waals surface area contributed by atoms with Gasteiger partial charge in [-0.3, -0.25) is 0 Å². The van der Waals surface area contributed by atoms with Crippen molar-refractivity contribution in [3.63, 3.8) is 0 Å². The van der Waals surface area contributed by atoms with E-state index in [0.29, 0.717) is 12.1 Å². The monoisotopic (exact) mass is 252 g/mol. The number of nitrogens with one attached hydrogen (secondary N) is 1. The Kier molecular flexibility index (Phi) is 4.60. The van der Waals surface area contributed by atoms with E-state index in [9.17, 15) is 0 Å². The van der Waals surface area contributed by atoms with Gasteiger partial charge in [0.05, 0.1) is 0 Å². The van der Waals surface area contributed by atoms with Crippen molar-refractivity contribution >= 4 is 11.3 Å². The van der Waals surface area contributed by atoms with E-state index >= 15 is 0 Å². The van der Waals surface area contributed by atoms with E-state index in [-0.39, 0.29) is 0 Å². The molecular formula is C14H24N2S. The lowest BCUT2D eigenvalue weighted by atomic mass is 10.1. The Hall–Kier alpha value is -0.380. The molecule has 0 saturated carbocycles. The van der Waals surface area contributed by atoms with Gasteiger partial charge in [0.1, 0.15) is 0 Å². The van der Waals surface area contributed by atoms with Crippen molar-refractivity contribution < 1.29 is 0 Å². The zero-order valence-electron chi connectivity index (χ0n) is 11.1. The van der Waals surface area contributed by atoms with Gasteiger partial charge in [-0.1, -0.05) is 6.07 Å². The Balaban J connectivity index is 1.73. The first-order valence-corrected chi connectivity index (χ1v) is 7.55. The minimum atomic E-state index is 0.503. The molecule has 2 rings (SSSR count). The third-order valence-corrected chi connectivity index (χ3v) is 4.79. The molecule has 1 fully saturated rings. The van der Waals surface area contributed by atoms with E-state index in [0.717, 1.165) is 12.5 Å². The fourth-order valence-electron chi connectivity index (χ4n) is 2.48. The van der Waals surface area contributed by atoms with E-state index < -0.39 is 0 Å². The highest BCUT2D eigenvalue weighted by atomic mass is 32.1. The molecule has 0 spiro atoms.